The maximum absolute atomic E-state index is 13.7. The first-order chi connectivity index (χ1) is 8.02. The number of H-pyrrole nitrogens is 1. The maximum atomic E-state index is 13.7. The fraction of sp³-hybridized carbons (Fsp3) is 0.100. The molecule has 0 aliphatic carbocycles. The number of aromatic amines is 1. The van der Waals surface area contributed by atoms with Crippen molar-refractivity contribution in [2.24, 2.45) is 0 Å². The number of nitrogens with one attached hydrogen (secondary N) is 1. The highest BCUT2D eigenvalue weighted by Gasteiger charge is 2.17. The monoisotopic (exact) mass is 303 g/mol. The summed E-state index contributed by atoms with van der Waals surface area (Å²) in [6.45, 7) is 0. The molecule has 1 heterocycles. The molecule has 0 saturated carbocycles. The minimum Gasteiger partial charge on any atom is -0.494 e. The molecule has 2 rings (SSSR count). The zero-order valence-corrected chi connectivity index (χ0v) is 10.3. The van der Waals surface area contributed by atoms with Crippen LogP contribution in [0.4, 0.5) is 14.7 Å². The molecule has 1 aromatic heterocycles. The molecule has 0 atom stereocenters. The topological polar surface area (TPSA) is 63.9 Å². The van der Waals surface area contributed by atoms with Gasteiger partial charge in [0.1, 0.15) is 16.1 Å². The largest absolute Gasteiger partial charge is 0.494 e. The van der Waals surface area contributed by atoms with E-state index in [1.165, 1.54) is 7.11 Å². The van der Waals surface area contributed by atoms with Crippen molar-refractivity contribution in [2.45, 2.75) is 0 Å². The first-order valence-corrected chi connectivity index (χ1v) is 5.36. The number of nitrogens with two attached hydrogens (primary N) is 1. The van der Waals surface area contributed by atoms with E-state index in [1.807, 2.05) is 0 Å². The summed E-state index contributed by atoms with van der Waals surface area (Å²) in [5, 5.41) is 0. The summed E-state index contributed by atoms with van der Waals surface area (Å²) in [4.78, 5) is 6.51. The van der Waals surface area contributed by atoms with Crippen LogP contribution in [0.25, 0.3) is 11.3 Å². The van der Waals surface area contributed by atoms with E-state index in [0.29, 0.717) is 4.60 Å². The van der Waals surface area contributed by atoms with Crippen molar-refractivity contribution < 1.29 is 13.5 Å². The zero-order chi connectivity index (χ0) is 12.6. The molecule has 0 amide bonds. The predicted molar refractivity (Wildman–Crippen MR) is 62.6 cm³/mol. The number of methoxy groups -OCH3 is 1. The average molecular weight is 304 g/mol. The molecular weight excluding hydrogens is 296 g/mol. The van der Waals surface area contributed by atoms with Gasteiger partial charge in [-0.1, -0.05) is 0 Å². The van der Waals surface area contributed by atoms with Crippen molar-refractivity contribution >= 4 is 21.9 Å². The first-order valence-electron chi connectivity index (χ1n) is 4.57. The van der Waals surface area contributed by atoms with Crippen LogP contribution in [0.1, 0.15) is 0 Å². The van der Waals surface area contributed by atoms with E-state index in [2.05, 4.69) is 30.6 Å². The lowest BCUT2D eigenvalue weighted by Crippen LogP contribution is -1.93. The van der Waals surface area contributed by atoms with Gasteiger partial charge in [-0.3, -0.25) is 0 Å². The molecule has 17 heavy (non-hydrogen) atoms. The molecule has 7 heteroatoms. The summed E-state index contributed by atoms with van der Waals surface area (Å²) in [6.07, 6.45) is 0. The number of halogens is 3. The van der Waals surface area contributed by atoms with E-state index in [1.54, 1.807) is 0 Å². The molecule has 0 aliphatic heterocycles. The number of nitrogens with zero attached hydrogens (tertiary/aromatic N) is 1. The number of rotatable bonds is 2. The lowest BCUT2D eigenvalue weighted by Gasteiger charge is -2.05. The number of anilines is 1. The second-order valence-electron chi connectivity index (χ2n) is 3.25. The van der Waals surface area contributed by atoms with Gasteiger partial charge in [0.25, 0.3) is 0 Å². The molecule has 4 nitrogen and oxygen atoms in total. The van der Waals surface area contributed by atoms with Gasteiger partial charge < -0.3 is 15.5 Å². The molecule has 3 N–H and O–H groups in total. The number of hydrogen-bond donors (Lipinski definition) is 2. The fourth-order valence-electron chi connectivity index (χ4n) is 1.41. The fourth-order valence-corrected chi connectivity index (χ4v) is 1.92. The molecule has 0 spiro atoms. The SMILES string of the molecule is COc1cc(F)c(-c2nc(N)[nH]c2Br)cc1F. The van der Waals surface area contributed by atoms with Gasteiger partial charge >= 0.3 is 0 Å². The van der Waals surface area contributed by atoms with Crippen molar-refractivity contribution in [3.63, 3.8) is 0 Å². The Bertz CT molecular complexity index is 571. The van der Waals surface area contributed by atoms with E-state index >= 15 is 0 Å². The Kier molecular flexibility index (Phi) is 3.01. The summed E-state index contributed by atoms with van der Waals surface area (Å²) < 4.78 is 32.3. The molecule has 0 bridgehead atoms. The van der Waals surface area contributed by atoms with Crippen LogP contribution in [-0.2, 0) is 0 Å². The standard InChI is InChI=1S/C10H8BrF2N3O/c1-17-7-3-5(12)4(2-6(7)13)8-9(11)16-10(14)15-8/h2-3H,1H3,(H3,14,15,16). The second-order valence-corrected chi connectivity index (χ2v) is 4.04. The van der Waals surface area contributed by atoms with Crippen molar-refractivity contribution in [1.29, 1.82) is 0 Å². The lowest BCUT2D eigenvalue weighted by molar-refractivity contribution is 0.383. The predicted octanol–water partition coefficient (Wildman–Crippen LogP) is 2.71. The Morgan fingerprint density at radius 3 is 2.59 bits per heavy atom. The Morgan fingerprint density at radius 2 is 2.06 bits per heavy atom. The third-order valence-electron chi connectivity index (χ3n) is 2.17. The molecule has 90 valence electrons. The van der Waals surface area contributed by atoms with Crippen LogP contribution in [0.3, 0.4) is 0 Å². The van der Waals surface area contributed by atoms with E-state index in [4.69, 9.17) is 5.73 Å². The Morgan fingerprint density at radius 1 is 1.35 bits per heavy atom. The summed E-state index contributed by atoms with van der Waals surface area (Å²) in [5.41, 5.74) is 5.64. The van der Waals surface area contributed by atoms with Crippen molar-refractivity contribution in [1.82, 2.24) is 9.97 Å². The minimum atomic E-state index is -0.669. The van der Waals surface area contributed by atoms with Gasteiger partial charge in [-0.15, -0.1) is 0 Å². The quantitative estimate of drug-likeness (QED) is 0.896. The summed E-state index contributed by atoms with van der Waals surface area (Å²) >= 11 is 3.13. The highest BCUT2D eigenvalue weighted by Crippen LogP contribution is 2.32. The van der Waals surface area contributed by atoms with Crippen LogP contribution in [0.5, 0.6) is 5.75 Å². The first kappa shape index (κ1) is 11.8. The smallest absolute Gasteiger partial charge is 0.198 e. The van der Waals surface area contributed by atoms with Gasteiger partial charge in [0.05, 0.1) is 7.11 Å². The number of imidazole rings is 1. The van der Waals surface area contributed by atoms with Crippen molar-refractivity contribution in [3.8, 4) is 17.0 Å². The van der Waals surface area contributed by atoms with Crippen LogP contribution >= 0.6 is 15.9 Å². The maximum Gasteiger partial charge on any atom is 0.198 e. The van der Waals surface area contributed by atoms with E-state index in [9.17, 15) is 8.78 Å². The van der Waals surface area contributed by atoms with E-state index in [-0.39, 0.29) is 23.0 Å². The Labute approximate surface area is 104 Å². The van der Waals surface area contributed by atoms with Crippen LogP contribution in [0.2, 0.25) is 0 Å². The van der Waals surface area contributed by atoms with Crippen LogP contribution in [0, 0.1) is 11.6 Å². The molecule has 0 fully saturated rings. The molecule has 0 aliphatic rings. The summed E-state index contributed by atoms with van der Waals surface area (Å²) in [6, 6.07) is 1.97. The van der Waals surface area contributed by atoms with Gasteiger partial charge in [0, 0.05) is 11.6 Å². The van der Waals surface area contributed by atoms with Gasteiger partial charge in [-0.2, -0.15) is 0 Å². The van der Waals surface area contributed by atoms with Gasteiger partial charge in [0.2, 0.25) is 0 Å². The Hall–Kier alpha value is -1.63. The Balaban J connectivity index is 2.60. The number of nitrogen functional groups attached to an aromatic ring is 1. The van der Waals surface area contributed by atoms with Crippen LogP contribution in [0.15, 0.2) is 16.7 Å². The molecule has 0 saturated heterocycles. The second kappa shape index (κ2) is 4.33. The number of benzene rings is 1. The number of hydrogen-bond acceptors (Lipinski definition) is 3. The third-order valence-corrected chi connectivity index (χ3v) is 2.75. The lowest BCUT2D eigenvalue weighted by atomic mass is 10.1. The molecule has 2 aromatic rings. The molecule has 1 aromatic carbocycles. The van der Waals surface area contributed by atoms with Crippen molar-refractivity contribution in [2.75, 3.05) is 12.8 Å². The van der Waals surface area contributed by atoms with Gasteiger partial charge in [-0.25, -0.2) is 13.8 Å². The summed E-state index contributed by atoms with van der Waals surface area (Å²) in [5.74, 6) is -1.36. The normalized spacial score (nSPS) is 10.6. The van der Waals surface area contributed by atoms with Gasteiger partial charge in [0.15, 0.2) is 17.5 Å². The van der Waals surface area contributed by atoms with Crippen LogP contribution < -0.4 is 10.5 Å². The molecule has 0 unspecified atom stereocenters. The molecule has 0 radical (unpaired) electrons. The number of ether oxygens (including phenoxy) is 1. The highest BCUT2D eigenvalue weighted by molar-refractivity contribution is 9.10. The molecular formula is C10H8BrF2N3O. The van der Waals surface area contributed by atoms with E-state index in [0.717, 1.165) is 12.1 Å². The van der Waals surface area contributed by atoms with Gasteiger partial charge in [-0.05, 0) is 22.0 Å². The zero-order valence-electron chi connectivity index (χ0n) is 8.72. The summed E-state index contributed by atoms with van der Waals surface area (Å²) in [7, 11) is 1.26. The van der Waals surface area contributed by atoms with E-state index < -0.39 is 11.6 Å². The highest BCUT2D eigenvalue weighted by atomic mass is 79.9. The van der Waals surface area contributed by atoms with Crippen LogP contribution in [-0.4, -0.2) is 17.1 Å². The minimum absolute atomic E-state index is 0.00289. The van der Waals surface area contributed by atoms with Crippen molar-refractivity contribution in [3.05, 3.63) is 28.4 Å². The number of aromatic nitrogens is 2. The average Bonchev–Trinajstić information content (AvgIpc) is 2.60. The third kappa shape index (κ3) is 2.10.